The van der Waals surface area contributed by atoms with Crippen LogP contribution in [0.5, 0.6) is 0 Å². The Morgan fingerprint density at radius 2 is 2.06 bits per heavy atom. The van der Waals surface area contributed by atoms with Crippen molar-refractivity contribution in [1.29, 1.82) is 0 Å². The monoisotopic (exact) mass is 226 g/mol. The fourth-order valence-electron chi connectivity index (χ4n) is 2.64. The first-order valence-electron chi connectivity index (χ1n) is 7.00. The number of nitrogens with one attached hydrogen (secondary N) is 1. The number of nitrogens with zero attached hydrogens (tertiary/aromatic N) is 1. The lowest BCUT2D eigenvalue weighted by molar-refractivity contribution is 0.204. The smallest absolute Gasteiger partial charge is 0.00663 e. The van der Waals surface area contributed by atoms with Gasteiger partial charge in [-0.15, -0.1) is 0 Å². The molecule has 0 aromatic rings. The van der Waals surface area contributed by atoms with Crippen LogP contribution < -0.4 is 5.32 Å². The second kappa shape index (κ2) is 7.29. The summed E-state index contributed by atoms with van der Waals surface area (Å²) in [5.41, 5.74) is 0. The molecule has 0 aliphatic carbocycles. The van der Waals surface area contributed by atoms with Gasteiger partial charge in [0.25, 0.3) is 0 Å². The summed E-state index contributed by atoms with van der Waals surface area (Å²) in [5, 5.41) is 3.50. The van der Waals surface area contributed by atoms with Crippen LogP contribution in [0.4, 0.5) is 0 Å². The van der Waals surface area contributed by atoms with E-state index in [1.807, 2.05) is 0 Å². The highest BCUT2D eigenvalue weighted by atomic mass is 15.1. The summed E-state index contributed by atoms with van der Waals surface area (Å²) in [6.07, 6.45) is 5.49. The van der Waals surface area contributed by atoms with Gasteiger partial charge >= 0.3 is 0 Å². The average molecular weight is 226 g/mol. The highest BCUT2D eigenvalue weighted by Gasteiger charge is 2.15. The molecular weight excluding hydrogens is 196 g/mol. The summed E-state index contributed by atoms with van der Waals surface area (Å²) >= 11 is 0. The van der Waals surface area contributed by atoms with Crippen molar-refractivity contribution >= 4 is 0 Å². The van der Waals surface area contributed by atoms with Crippen LogP contribution in [0.3, 0.4) is 0 Å². The third kappa shape index (κ3) is 5.31. The number of hydrogen-bond acceptors (Lipinski definition) is 2. The topological polar surface area (TPSA) is 15.3 Å². The Balaban J connectivity index is 2.15. The molecule has 2 nitrogen and oxygen atoms in total. The van der Waals surface area contributed by atoms with Crippen molar-refractivity contribution in [2.45, 2.75) is 52.5 Å². The molecule has 0 aromatic carbocycles. The molecule has 1 rings (SSSR count). The summed E-state index contributed by atoms with van der Waals surface area (Å²) in [5.74, 6) is 1.73. The van der Waals surface area contributed by atoms with Gasteiger partial charge < -0.3 is 10.2 Å². The van der Waals surface area contributed by atoms with Crippen LogP contribution in [0.2, 0.25) is 0 Å². The molecule has 1 heterocycles. The molecule has 16 heavy (non-hydrogen) atoms. The molecular formula is C14H30N2. The minimum atomic E-state index is 0.733. The Morgan fingerprint density at radius 1 is 1.31 bits per heavy atom. The van der Waals surface area contributed by atoms with Gasteiger partial charge in [-0.25, -0.2) is 0 Å². The van der Waals surface area contributed by atoms with E-state index in [2.05, 4.69) is 38.0 Å². The summed E-state index contributed by atoms with van der Waals surface area (Å²) in [6, 6.07) is 0.733. The molecule has 0 bridgehead atoms. The van der Waals surface area contributed by atoms with Crippen molar-refractivity contribution in [3.05, 3.63) is 0 Å². The fraction of sp³-hybridized carbons (Fsp3) is 1.00. The van der Waals surface area contributed by atoms with Crippen LogP contribution >= 0.6 is 0 Å². The second-order valence-electron chi connectivity index (χ2n) is 5.96. The summed E-state index contributed by atoms with van der Waals surface area (Å²) in [6.45, 7) is 10.7. The first kappa shape index (κ1) is 14.0. The van der Waals surface area contributed by atoms with Gasteiger partial charge in [0.2, 0.25) is 0 Å². The Morgan fingerprint density at radius 3 is 2.62 bits per heavy atom. The van der Waals surface area contributed by atoms with E-state index in [0.29, 0.717) is 0 Å². The van der Waals surface area contributed by atoms with E-state index in [9.17, 15) is 0 Å². The lowest BCUT2D eigenvalue weighted by atomic mass is 9.95. The minimum Gasteiger partial charge on any atom is -0.316 e. The predicted octanol–water partition coefficient (Wildman–Crippen LogP) is 2.74. The molecule has 1 fully saturated rings. The highest BCUT2D eigenvalue weighted by Crippen LogP contribution is 2.16. The van der Waals surface area contributed by atoms with Crippen molar-refractivity contribution in [3.8, 4) is 0 Å². The maximum atomic E-state index is 3.50. The first-order chi connectivity index (χ1) is 7.59. The van der Waals surface area contributed by atoms with E-state index in [1.165, 1.54) is 45.3 Å². The Bertz CT molecular complexity index is 174. The van der Waals surface area contributed by atoms with Crippen molar-refractivity contribution in [2.24, 2.45) is 11.8 Å². The zero-order chi connectivity index (χ0) is 12.0. The van der Waals surface area contributed by atoms with Crippen LogP contribution in [0, 0.1) is 11.8 Å². The summed E-state index contributed by atoms with van der Waals surface area (Å²) in [4.78, 5) is 2.54. The molecule has 0 spiro atoms. The zero-order valence-electron chi connectivity index (χ0n) is 11.6. The van der Waals surface area contributed by atoms with Gasteiger partial charge in [-0.3, -0.25) is 0 Å². The minimum absolute atomic E-state index is 0.733. The van der Waals surface area contributed by atoms with Gasteiger partial charge in [-0.05, 0) is 71.1 Å². The Hall–Kier alpha value is -0.0800. The zero-order valence-corrected chi connectivity index (χ0v) is 11.6. The van der Waals surface area contributed by atoms with Gasteiger partial charge in [-0.2, -0.15) is 0 Å². The molecule has 0 saturated carbocycles. The normalized spacial score (nSPS) is 24.0. The molecule has 2 heteroatoms. The SMILES string of the molecule is CC(C)CC(C)N(C)CCC1CCCNC1. The molecule has 0 aromatic heterocycles. The molecule has 1 N–H and O–H groups in total. The van der Waals surface area contributed by atoms with Crippen molar-refractivity contribution in [2.75, 3.05) is 26.7 Å². The Labute approximate surface area is 102 Å². The molecule has 0 radical (unpaired) electrons. The molecule has 2 atom stereocenters. The van der Waals surface area contributed by atoms with Gasteiger partial charge in [0.1, 0.15) is 0 Å². The molecule has 1 saturated heterocycles. The van der Waals surface area contributed by atoms with E-state index in [1.54, 1.807) is 0 Å². The van der Waals surface area contributed by atoms with Crippen LogP contribution in [-0.4, -0.2) is 37.6 Å². The molecule has 1 aliphatic heterocycles. The maximum Gasteiger partial charge on any atom is 0.00663 e. The molecule has 0 amide bonds. The fourth-order valence-corrected chi connectivity index (χ4v) is 2.64. The quantitative estimate of drug-likeness (QED) is 0.749. The van der Waals surface area contributed by atoms with Gasteiger partial charge in [0, 0.05) is 6.04 Å². The number of rotatable bonds is 6. The molecule has 96 valence electrons. The largest absolute Gasteiger partial charge is 0.316 e. The van der Waals surface area contributed by atoms with E-state index < -0.39 is 0 Å². The Kier molecular flexibility index (Phi) is 6.37. The highest BCUT2D eigenvalue weighted by molar-refractivity contribution is 4.72. The van der Waals surface area contributed by atoms with Gasteiger partial charge in [0.05, 0.1) is 0 Å². The average Bonchev–Trinajstić information content (AvgIpc) is 2.26. The van der Waals surface area contributed by atoms with E-state index in [0.717, 1.165) is 17.9 Å². The van der Waals surface area contributed by atoms with Crippen LogP contribution in [-0.2, 0) is 0 Å². The summed E-state index contributed by atoms with van der Waals surface area (Å²) in [7, 11) is 2.28. The molecule has 1 aliphatic rings. The number of piperidine rings is 1. The van der Waals surface area contributed by atoms with Crippen LogP contribution in [0.25, 0.3) is 0 Å². The number of hydrogen-bond donors (Lipinski definition) is 1. The van der Waals surface area contributed by atoms with E-state index in [-0.39, 0.29) is 0 Å². The standard InChI is InChI=1S/C14H30N2/c1-12(2)10-13(3)16(4)9-7-14-6-5-8-15-11-14/h12-15H,5-11H2,1-4H3. The van der Waals surface area contributed by atoms with Gasteiger partial charge in [-0.1, -0.05) is 13.8 Å². The third-order valence-electron chi connectivity index (χ3n) is 3.85. The van der Waals surface area contributed by atoms with E-state index >= 15 is 0 Å². The first-order valence-corrected chi connectivity index (χ1v) is 7.00. The lowest BCUT2D eigenvalue weighted by Gasteiger charge is -2.29. The summed E-state index contributed by atoms with van der Waals surface area (Å²) < 4.78 is 0. The van der Waals surface area contributed by atoms with Crippen molar-refractivity contribution in [3.63, 3.8) is 0 Å². The lowest BCUT2D eigenvalue weighted by Crippen LogP contribution is -2.35. The predicted molar refractivity (Wildman–Crippen MR) is 71.8 cm³/mol. The van der Waals surface area contributed by atoms with Crippen molar-refractivity contribution in [1.82, 2.24) is 10.2 Å². The van der Waals surface area contributed by atoms with Gasteiger partial charge in [0.15, 0.2) is 0 Å². The third-order valence-corrected chi connectivity index (χ3v) is 3.85. The second-order valence-corrected chi connectivity index (χ2v) is 5.96. The van der Waals surface area contributed by atoms with Crippen LogP contribution in [0.1, 0.15) is 46.5 Å². The maximum absolute atomic E-state index is 3.50. The van der Waals surface area contributed by atoms with Crippen molar-refractivity contribution < 1.29 is 0 Å². The molecule has 2 unspecified atom stereocenters. The van der Waals surface area contributed by atoms with Crippen LogP contribution in [0.15, 0.2) is 0 Å². The van der Waals surface area contributed by atoms with E-state index in [4.69, 9.17) is 0 Å².